The second-order valence-electron chi connectivity index (χ2n) is 7.62. The summed E-state index contributed by atoms with van der Waals surface area (Å²) >= 11 is 0. The van der Waals surface area contributed by atoms with Gasteiger partial charge in [-0.1, -0.05) is 18.2 Å². The number of hydrogen-bond donors (Lipinski definition) is 4. The van der Waals surface area contributed by atoms with Crippen LogP contribution in [0.5, 0.6) is 5.75 Å². The molecule has 1 unspecified atom stereocenters. The number of ether oxygens (including phenoxy) is 1. The van der Waals surface area contributed by atoms with E-state index in [0.29, 0.717) is 31.2 Å². The average Bonchev–Trinajstić information content (AvgIpc) is 2.76. The first kappa shape index (κ1) is 28.6. The predicted octanol–water partition coefficient (Wildman–Crippen LogP) is 3.56. The second-order valence-corrected chi connectivity index (χ2v) is 7.62. The van der Waals surface area contributed by atoms with Gasteiger partial charge in [0.05, 0.1) is 18.8 Å². The Morgan fingerprint density at radius 1 is 1.09 bits per heavy atom. The Kier molecular flexibility index (Phi) is 12.7. The first-order chi connectivity index (χ1) is 15.3. The lowest BCUT2D eigenvalue weighted by molar-refractivity contribution is 0.0954. The molecule has 0 saturated heterocycles. The summed E-state index contributed by atoms with van der Waals surface area (Å²) in [7, 11) is 0. The molecule has 1 amide bonds. The first-order valence-corrected chi connectivity index (χ1v) is 10.8. The molecule has 33 heavy (non-hydrogen) atoms. The summed E-state index contributed by atoms with van der Waals surface area (Å²) in [5.41, 5.74) is 1.52. The lowest BCUT2D eigenvalue weighted by Crippen LogP contribution is -2.41. The number of guanidine groups is 1. The summed E-state index contributed by atoms with van der Waals surface area (Å²) in [4.78, 5) is 16.5. The highest BCUT2D eigenvalue weighted by atomic mass is 127. The smallest absolute Gasteiger partial charge is 0.251 e. The minimum Gasteiger partial charge on any atom is -0.491 e. The number of aryl methyl sites for hydroxylation is 1. The van der Waals surface area contributed by atoms with Crippen molar-refractivity contribution in [1.29, 1.82) is 0 Å². The third kappa shape index (κ3) is 9.95. The van der Waals surface area contributed by atoms with E-state index in [2.05, 4.69) is 20.9 Å². The Labute approximate surface area is 212 Å². The molecule has 0 aliphatic rings. The summed E-state index contributed by atoms with van der Waals surface area (Å²) < 4.78 is 19.2. The van der Waals surface area contributed by atoms with Gasteiger partial charge < -0.3 is 25.8 Å². The number of hydrogen-bond acceptors (Lipinski definition) is 4. The molecule has 4 N–H and O–H groups in total. The standard InChI is InChI=1S/C24H33FN4O3.HI/c1-5-26-24(28-13-12-27-23(31)19-7-6-17(4)21(25)14-19)29-15-22(30)18-8-10-20(11-9-18)32-16(2)3;/h6-11,14,16,22,30H,5,12-13,15H2,1-4H3,(H,27,31)(H2,26,28,29);1H. The number of aliphatic hydroxyl groups excluding tert-OH is 1. The van der Waals surface area contributed by atoms with Crippen LogP contribution in [0.1, 0.15) is 48.4 Å². The Hall–Kier alpha value is -2.40. The number of nitrogens with zero attached hydrogens (tertiary/aromatic N) is 1. The maximum atomic E-state index is 13.6. The van der Waals surface area contributed by atoms with Crippen LogP contribution in [0.15, 0.2) is 47.5 Å². The fourth-order valence-electron chi connectivity index (χ4n) is 2.86. The minimum absolute atomic E-state index is 0. The van der Waals surface area contributed by atoms with Crippen molar-refractivity contribution >= 4 is 35.8 Å². The van der Waals surface area contributed by atoms with Gasteiger partial charge in [0.25, 0.3) is 5.91 Å². The number of nitrogens with one attached hydrogen (secondary N) is 3. The van der Waals surface area contributed by atoms with Crippen LogP contribution in [0, 0.1) is 12.7 Å². The Morgan fingerprint density at radius 2 is 1.76 bits per heavy atom. The summed E-state index contributed by atoms with van der Waals surface area (Å²) in [5, 5.41) is 19.4. The number of halogens is 2. The number of carbonyl (C=O) groups excluding carboxylic acids is 1. The molecule has 0 saturated carbocycles. The molecule has 0 aliphatic heterocycles. The van der Waals surface area contributed by atoms with Gasteiger partial charge in [0.15, 0.2) is 5.96 Å². The summed E-state index contributed by atoms with van der Waals surface area (Å²) in [6, 6.07) is 11.7. The van der Waals surface area contributed by atoms with Crippen LogP contribution in [0.4, 0.5) is 4.39 Å². The van der Waals surface area contributed by atoms with Crippen LogP contribution in [-0.2, 0) is 0 Å². The van der Waals surface area contributed by atoms with Crippen molar-refractivity contribution in [3.8, 4) is 5.75 Å². The van der Waals surface area contributed by atoms with Crippen LogP contribution in [0.25, 0.3) is 0 Å². The molecular weight excluding hydrogens is 538 g/mol. The highest BCUT2D eigenvalue weighted by Crippen LogP contribution is 2.19. The molecule has 0 heterocycles. The molecule has 1 atom stereocenters. The molecule has 2 rings (SSSR count). The highest BCUT2D eigenvalue weighted by Gasteiger charge is 2.10. The third-order valence-corrected chi connectivity index (χ3v) is 4.54. The molecule has 0 radical (unpaired) electrons. The lowest BCUT2D eigenvalue weighted by Gasteiger charge is -2.14. The summed E-state index contributed by atoms with van der Waals surface area (Å²) in [6.07, 6.45) is -0.665. The molecule has 0 aliphatic carbocycles. The molecule has 0 bridgehead atoms. The van der Waals surface area contributed by atoms with Crippen LogP contribution in [0.2, 0.25) is 0 Å². The van der Waals surface area contributed by atoms with Crippen LogP contribution in [0.3, 0.4) is 0 Å². The van der Waals surface area contributed by atoms with Crippen molar-refractivity contribution < 1.29 is 19.0 Å². The lowest BCUT2D eigenvalue weighted by atomic mass is 10.1. The number of rotatable bonds is 10. The van der Waals surface area contributed by atoms with Crippen LogP contribution < -0.4 is 20.7 Å². The van der Waals surface area contributed by atoms with E-state index in [9.17, 15) is 14.3 Å². The van der Waals surface area contributed by atoms with Crippen LogP contribution in [-0.4, -0.2) is 49.3 Å². The van der Waals surface area contributed by atoms with E-state index in [1.165, 1.54) is 6.07 Å². The van der Waals surface area contributed by atoms with Gasteiger partial charge in [-0.3, -0.25) is 9.79 Å². The van der Waals surface area contributed by atoms with E-state index in [1.54, 1.807) is 19.1 Å². The number of aliphatic imine (C=N–C) groups is 1. The number of aliphatic hydroxyl groups is 1. The van der Waals surface area contributed by atoms with Gasteiger partial charge in [-0.2, -0.15) is 0 Å². The maximum absolute atomic E-state index is 13.6. The van der Waals surface area contributed by atoms with Crippen molar-refractivity contribution in [2.24, 2.45) is 4.99 Å². The van der Waals surface area contributed by atoms with E-state index in [0.717, 1.165) is 11.3 Å². The van der Waals surface area contributed by atoms with Gasteiger partial charge in [0, 0.05) is 25.2 Å². The molecule has 7 nitrogen and oxygen atoms in total. The summed E-state index contributed by atoms with van der Waals surface area (Å²) in [6.45, 7) is 9.08. The van der Waals surface area contributed by atoms with Gasteiger partial charge in [0.2, 0.25) is 0 Å². The quantitative estimate of drug-likeness (QED) is 0.151. The largest absolute Gasteiger partial charge is 0.491 e. The number of benzene rings is 2. The normalized spacial score (nSPS) is 12.0. The minimum atomic E-state index is -0.755. The zero-order chi connectivity index (χ0) is 23.5. The maximum Gasteiger partial charge on any atom is 0.251 e. The SMILES string of the molecule is CCNC(=NCC(O)c1ccc(OC(C)C)cc1)NCCNC(=O)c1ccc(C)c(F)c1.I. The van der Waals surface area contributed by atoms with Gasteiger partial charge in [-0.15, -0.1) is 24.0 Å². The van der Waals surface area contributed by atoms with Crippen molar-refractivity contribution in [3.05, 3.63) is 65.0 Å². The van der Waals surface area contributed by atoms with E-state index < -0.39 is 11.9 Å². The third-order valence-electron chi connectivity index (χ3n) is 4.54. The molecule has 0 aromatic heterocycles. The van der Waals surface area contributed by atoms with E-state index in [-0.39, 0.29) is 48.1 Å². The topological polar surface area (TPSA) is 95.0 Å². The van der Waals surface area contributed by atoms with E-state index in [4.69, 9.17) is 4.74 Å². The fraction of sp³-hybridized carbons (Fsp3) is 0.417. The van der Waals surface area contributed by atoms with Crippen LogP contribution >= 0.6 is 24.0 Å². The molecule has 0 spiro atoms. The molecule has 2 aromatic rings. The molecule has 2 aromatic carbocycles. The van der Waals surface area contributed by atoms with Gasteiger partial charge in [-0.05, 0) is 63.1 Å². The van der Waals surface area contributed by atoms with Gasteiger partial charge in [-0.25, -0.2) is 4.39 Å². The molecular formula is C24H34FIN4O3. The van der Waals surface area contributed by atoms with Gasteiger partial charge >= 0.3 is 0 Å². The zero-order valence-corrected chi connectivity index (χ0v) is 21.9. The summed E-state index contributed by atoms with van der Waals surface area (Å²) in [5.74, 6) is 0.540. The molecule has 182 valence electrons. The van der Waals surface area contributed by atoms with Crippen molar-refractivity contribution in [3.63, 3.8) is 0 Å². The van der Waals surface area contributed by atoms with Crippen molar-refractivity contribution in [1.82, 2.24) is 16.0 Å². The van der Waals surface area contributed by atoms with Gasteiger partial charge in [0.1, 0.15) is 11.6 Å². The Balaban J connectivity index is 0.00000544. The van der Waals surface area contributed by atoms with Crippen molar-refractivity contribution in [2.75, 3.05) is 26.2 Å². The van der Waals surface area contributed by atoms with E-state index in [1.807, 2.05) is 45.0 Å². The molecule has 9 heteroatoms. The first-order valence-electron chi connectivity index (χ1n) is 10.8. The molecule has 0 fully saturated rings. The zero-order valence-electron chi connectivity index (χ0n) is 19.5. The number of amides is 1. The Bertz CT molecular complexity index is 907. The fourth-order valence-corrected chi connectivity index (χ4v) is 2.86. The van der Waals surface area contributed by atoms with Crippen molar-refractivity contribution in [2.45, 2.75) is 39.9 Å². The predicted molar refractivity (Wildman–Crippen MR) is 140 cm³/mol. The van der Waals surface area contributed by atoms with E-state index >= 15 is 0 Å². The highest BCUT2D eigenvalue weighted by molar-refractivity contribution is 14.0. The average molecular weight is 572 g/mol. The monoisotopic (exact) mass is 572 g/mol. The second kappa shape index (κ2) is 14.7. The number of carbonyl (C=O) groups is 1. The Morgan fingerprint density at radius 3 is 2.36 bits per heavy atom.